The Morgan fingerprint density at radius 1 is 1.30 bits per heavy atom. The third-order valence-electron chi connectivity index (χ3n) is 3.69. The lowest BCUT2D eigenvalue weighted by atomic mass is 9.93. The van der Waals surface area contributed by atoms with E-state index in [0.717, 1.165) is 17.1 Å². The lowest BCUT2D eigenvalue weighted by Gasteiger charge is -2.16. The first-order valence-electron chi connectivity index (χ1n) is 8.39. The number of benzene rings is 1. The van der Waals surface area contributed by atoms with E-state index in [2.05, 4.69) is 26.1 Å². The minimum Gasteiger partial charge on any atom is -0.491 e. The topological polar surface area (TPSA) is 47.3 Å². The fraction of sp³-hybridized carbons (Fsp3) is 0.579. The van der Waals surface area contributed by atoms with Crippen LogP contribution in [-0.4, -0.2) is 20.2 Å². The Balaban J connectivity index is 0.000000841. The lowest BCUT2D eigenvalue weighted by Crippen LogP contribution is -2.13. The Hall–Kier alpha value is -1.55. The summed E-state index contributed by atoms with van der Waals surface area (Å²) in [5.74, 6) is 0.921. The maximum Gasteiger partial charge on any atom is 0.165 e. The highest BCUT2D eigenvalue weighted by Gasteiger charge is 2.13. The van der Waals surface area contributed by atoms with Gasteiger partial charge in [-0.2, -0.15) is 0 Å². The van der Waals surface area contributed by atoms with Crippen molar-refractivity contribution in [3.63, 3.8) is 0 Å². The summed E-state index contributed by atoms with van der Waals surface area (Å²) in [6, 6.07) is 5.05. The Morgan fingerprint density at radius 2 is 1.91 bits per heavy atom. The molecule has 0 fully saturated rings. The van der Waals surface area contributed by atoms with Crippen molar-refractivity contribution in [2.45, 2.75) is 47.0 Å². The van der Waals surface area contributed by atoms with Gasteiger partial charge in [0.05, 0.1) is 6.61 Å². The molecular formula is C19H33FN2O. The number of rotatable bonds is 7. The standard InChI is InChI=1S/C14H21FN2O.C5H12/c1-4-18-14-6-5-11(7-13(14)15)10(2)12(8-16)9-17-3;1-4-5(2)3/h5-7,9-10,17H,4,8,16H2,1-3H3;5H,4H2,1-3H3/b12-9-;. The predicted molar refractivity (Wildman–Crippen MR) is 97.3 cm³/mol. The molecule has 23 heavy (non-hydrogen) atoms. The summed E-state index contributed by atoms with van der Waals surface area (Å²) in [4.78, 5) is 0. The van der Waals surface area contributed by atoms with Crippen molar-refractivity contribution in [2.24, 2.45) is 11.7 Å². The Morgan fingerprint density at radius 3 is 2.30 bits per heavy atom. The number of ether oxygens (including phenoxy) is 1. The lowest BCUT2D eigenvalue weighted by molar-refractivity contribution is 0.321. The van der Waals surface area contributed by atoms with Crippen molar-refractivity contribution in [2.75, 3.05) is 20.2 Å². The van der Waals surface area contributed by atoms with Crippen molar-refractivity contribution in [3.8, 4) is 5.75 Å². The zero-order valence-electron chi connectivity index (χ0n) is 15.4. The quantitative estimate of drug-likeness (QED) is 0.779. The molecule has 1 unspecified atom stereocenters. The minimum atomic E-state index is -0.331. The molecule has 0 aliphatic heterocycles. The van der Waals surface area contributed by atoms with Crippen LogP contribution in [0.25, 0.3) is 0 Å². The summed E-state index contributed by atoms with van der Waals surface area (Å²) in [7, 11) is 1.82. The second kappa shape index (κ2) is 11.9. The molecule has 1 aromatic rings. The van der Waals surface area contributed by atoms with E-state index in [1.54, 1.807) is 6.07 Å². The van der Waals surface area contributed by atoms with E-state index in [4.69, 9.17) is 10.5 Å². The molecule has 0 bridgehead atoms. The van der Waals surface area contributed by atoms with Crippen LogP contribution in [0.3, 0.4) is 0 Å². The van der Waals surface area contributed by atoms with E-state index in [1.807, 2.05) is 33.2 Å². The zero-order valence-corrected chi connectivity index (χ0v) is 15.4. The highest BCUT2D eigenvalue weighted by Crippen LogP contribution is 2.27. The van der Waals surface area contributed by atoms with Gasteiger partial charge in [0.25, 0.3) is 0 Å². The first-order valence-corrected chi connectivity index (χ1v) is 8.39. The third kappa shape index (κ3) is 8.03. The van der Waals surface area contributed by atoms with Crippen LogP contribution in [0.15, 0.2) is 30.0 Å². The molecule has 1 atom stereocenters. The van der Waals surface area contributed by atoms with Crippen LogP contribution in [0, 0.1) is 11.7 Å². The molecule has 3 N–H and O–H groups in total. The summed E-state index contributed by atoms with van der Waals surface area (Å²) in [6.45, 7) is 11.4. The smallest absolute Gasteiger partial charge is 0.165 e. The highest BCUT2D eigenvalue weighted by molar-refractivity contribution is 5.35. The maximum absolute atomic E-state index is 13.8. The summed E-state index contributed by atoms with van der Waals surface area (Å²) in [5.41, 5.74) is 7.61. The molecule has 0 radical (unpaired) electrons. The zero-order chi connectivity index (χ0) is 17.8. The Labute approximate surface area is 141 Å². The van der Waals surface area contributed by atoms with E-state index in [-0.39, 0.29) is 11.7 Å². The number of hydrogen-bond acceptors (Lipinski definition) is 3. The first kappa shape index (κ1) is 21.4. The van der Waals surface area contributed by atoms with Crippen molar-refractivity contribution >= 4 is 0 Å². The van der Waals surface area contributed by atoms with Gasteiger partial charge in [0.1, 0.15) is 0 Å². The van der Waals surface area contributed by atoms with E-state index in [9.17, 15) is 4.39 Å². The second-order valence-electron chi connectivity index (χ2n) is 5.86. The average molecular weight is 324 g/mol. The molecule has 3 nitrogen and oxygen atoms in total. The average Bonchev–Trinajstić information content (AvgIpc) is 2.54. The summed E-state index contributed by atoms with van der Waals surface area (Å²) in [6.07, 6.45) is 3.17. The summed E-state index contributed by atoms with van der Waals surface area (Å²) >= 11 is 0. The molecule has 0 saturated carbocycles. The molecule has 0 amide bonds. The van der Waals surface area contributed by atoms with Crippen LogP contribution < -0.4 is 15.8 Å². The van der Waals surface area contributed by atoms with E-state index in [0.29, 0.717) is 18.9 Å². The van der Waals surface area contributed by atoms with Gasteiger partial charge in [0, 0.05) is 19.5 Å². The van der Waals surface area contributed by atoms with E-state index < -0.39 is 0 Å². The van der Waals surface area contributed by atoms with Crippen LogP contribution in [0.4, 0.5) is 4.39 Å². The third-order valence-corrected chi connectivity index (χ3v) is 3.69. The summed E-state index contributed by atoms with van der Waals surface area (Å²) in [5, 5.41) is 2.96. The van der Waals surface area contributed by atoms with Gasteiger partial charge in [0.15, 0.2) is 11.6 Å². The second-order valence-corrected chi connectivity index (χ2v) is 5.86. The molecule has 4 heteroatoms. The van der Waals surface area contributed by atoms with Gasteiger partial charge < -0.3 is 15.8 Å². The molecule has 0 heterocycles. The highest BCUT2D eigenvalue weighted by atomic mass is 19.1. The van der Waals surface area contributed by atoms with Gasteiger partial charge in [-0.15, -0.1) is 0 Å². The molecule has 1 rings (SSSR count). The van der Waals surface area contributed by atoms with E-state index in [1.165, 1.54) is 12.5 Å². The SMILES string of the molecule is CCC(C)C.CCOc1ccc(C(C)/C(=C\NC)CN)cc1F. The molecule has 1 aromatic carbocycles. The first-order chi connectivity index (χ1) is 10.9. The largest absolute Gasteiger partial charge is 0.491 e. The van der Waals surface area contributed by atoms with Crippen LogP contribution in [0.2, 0.25) is 0 Å². The molecule has 0 aliphatic carbocycles. The fourth-order valence-corrected chi connectivity index (χ4v) is 1.82. The molecule has 0 saturated heterocycles. The van der Waals surface area contributed by atoms with Crippen LogP contribution in [0.1, 0.15) is 52.5 Å². The van der Waals surface area contributed by atoms with Gasteiger partial charge in [0.2, 0.25) is 0 Å². The van der Waals surface area contributed by atoms with Gasteiger partial charge in [-0.05, 0) is 42.3 Å². The van der Waals surface area contributed by atoms with Gasteiger partial charge in [-0.1, -0.05) is 40.2 Å². The minimum absolute atomic E-state index is 0.0765. The Bertz CT molecular complexity index is 472. The number of nitrogens with two attached hydrogens (primary N) is 1. The molecule has 0 aromatic heterocycles. The molecule has 0 aliphatic rings. The van der Waals surface area contributed by atoms with Crippen molar-refractivity contribution < 1.29 is 9.13 Å². The van der Waals surface area contributed by atoms with Gasteiger partial charge in [-0.25, -0.2) is 4.39 Å². The number of nitrogens with one attached hydrogen (secondary N) is 1. The maximum atomic E-state index is 13.8. The molecular weight excluding hydrogens is 291 g/mol. The van der Waals surface area contributed by atoms with Crippen molar-refractivity contribution in [1.29, 1.82) is 0 Å². The normalized spacial score (nSPS) is 12.5. The fourth-order valence-electron chi connectivity index (χ4n) is 1.82. The predicted octanol–water partition coefficient (Wildman–Crippen LogP) is 4.44. The molecule has 132 valence electrons. The van der Waals surface area contributed by atoms with Crippen LogP contribution in [0.5, 0.6) is 5.75 Å². The number of hydrogen-bond donors (Lipinski definition) is 2. The monoisotopic (exact) mass is 324 g/mol. The van der Waals surface area contributed by atoms with Crippen LogP contribution >= 0.6 is 0 Å². The van der Waals surface area contributed by atoms with Gasteiger partial charge in [-0.3, -0.25) is 0 Å². The van der Waals surface area contributed by atoms with Gasteiger partial charge >= 0.3 is 0 Å². The number of halogens is 1. The van der Waals surface area contributed by atoms with E-state index >= 15 is 0 Å². The van der Waals surface area contributed by atoms with Crippen molar-refractivity contribution in [3.05, 3.63) is 41.4 Å². The summed E-state index contributed by atoms with van der Waals surface area (Å²) < 4.78 is 18.9. The molecule has 0 spiro atoms. The van der Waals surface area contributed by atoms with Crippen molar-refractivity contribution in [1.82, 2.24) is 5.32 Å². The Kier molecular flexibility index (Phi) is 11.1. The van der Waals surface area contributed by atoms with Crippen LogP contribution in [-0.2, 0) is 0 Å².